The molecule has 17 heavy (non-hydrogen) atoms. The van der Waals surface area contributed by atoms with Crippen LogP contribution >= 0.6 is 0 Å². The van der Waals surface area contributed by atoms with E-state index in [2.05, 4.69) is 4.90 Å². The van der Waals surface area contributed by atoms with E-state index in [1.807, 2.05) is 7.05 Å². The number of halogens is 1. The van der Waals surface area contributed by atoms with Crippen molar-refractivity contribution in [2.45, 2.75) is 25.7 Å². The molecule has 1 aliphatic rings. The maximum Gasteiger partial charge on any atom is 0.132 e. The SMILES string of the molecule is CN(CC1CCC(=O)CC1)c1ccc(F)cc1. The van der Waals surface area contributed by atoms with E-state index in [4.69, 9.17) is 0 Å². The fraction of sp³-hybridized carbons (Fsp3) is 0.500. The number of ketones is 1. The Morgan fingerprint density at radius 2 is 1.82 bits per heavy atom. The second-order valence-corrected chi connectivity index (χ2v) is 4.84. The molecule has 0 radical (unpaired) electrons. The lowest BCUT2D eigenvalue weighted by molar-refractivity contribution is -0.120. The molecular weight excluding hydrogens is 217 g/mol. The van der Waals surface area contributed by atoms with Crippen LogP contribution in [0.1, 0.15) is 25.7 Å². The third-order valence-corrected chi connectivity index (χ3v) is 3.46. The van der Waals surface area contributed by atoms with Gasteiger partial charge >= 0.3 is 0 Å². The van der Waals surface area contributed by atoms with Crippen LogP contribution in [0, 0.1) is 11.7 Å². The molecule has 0 spiro atoms. The molecule has 92 valence electrons. The van der Waals surface area contributed by atoms with Crippen LogP contribution in [0.4, 0.5) is 10.1 Å². The zero-order chi connectivity index (χ0) is 12.3. The lowest BCUT2D eigenvalue weighted by atomic mass is 9.88. The summed E-state index contributed by atoms with van der Waals surface area (Å²) in [6, 6.07) is 6.55. The number of hydrogen-bond acceptors (Lipinski definition) is 2. The minimum absolute atomic E-state index is 0.203. The number of benzene rings is 1. The molecule has 2 nitrogen and oxygen atoms in total. The van der Waals surface area contributed by atoms with Gasteiger partial charge in [-0.15, -0.1) is 0 Å². The normalized spacial score (nSPS) is 17.2. The molecule has 0 saturated heterocycles. The van der Waals surface area contributed by atoms with Gasteiger partial charge in [-0.1, -0.05) is 0 Å². The van der Waals surface area contributed by atoms with Crippen LogP contribution in [0.3, 0.4) is 0 Å². The summed E-state index contributed by atoms with van der Waals surface area (Å²) in [5, 5.41) is 0. The maximum atomic E-state index is 12.8. The number of nitrogens with zero attached hydrogens (tertiary/aromatic N) is 1. The predicted octanol–water partition coefficient (Wildman–Crippen LogP) is 3.02. The largest absolute Gasteiger partial charge is 0.374 e. The molecule has 0 amide bonds. The summed E-state index contributed by atoms with van der Waals surface area (Å²) < 4.78 is 12.8. The summed E-state index contributed by atoms with van der Waals surface area (Å²) in [5.41, 5.74) is 1.03. The summed E-state index contributed by atoms with van der Waals surface area (Å²) in [5.74, 6) is 0.777. The van der Waals surface area contributed by atoms with Crippen molar-refractivity contribution in [2.24, 2.45) is 5.92 Å². The number of carbonyl (C=O) groups is 1. The molecule has 0 aliphatic heterocycles. The topological polar surface area (TPSA) is 20.3 Å². The number of rotatable bonds is 3. The van der Waals surface area contributed by atoms with Crippen molar-refractivity contribution in [2.75, 3.05) is 18.5 Å². The Hall–Kier alpha value is -1.38. The minimum Gasteiger partial charge on any atom is -0.374 e. The van der Waals surface area contributed by atoms with Gasteiger partial charge in [0.05, 0.1) is 0 Å². The first kappa shape index (κ1) is 12.1. The molecule has 2 rings (SSSR count). The van der Waals surface area contributed by atoms with E-state index in [0.29, 0.717) is 11.7 Å². The predicted molar refractivity (Wildman–Crippen MR) is 66.6 cm³/mol. The van der Waals surface area contributed by atoms with Crippen LogP contribution in [0.15, 0.2) is 24.3 Å². The Bertz CT molecular complexity index is 378. The van der Waals surface area contributed by atoms with Gasteiger partial charge in [-0.3, -0.25) is 4.79 Å². The number of hydrogen-bond donors (Lipinski definition) is 0. The van der Waals surface area contributed by atoms with Crippen molar-refractivity contribution >= 4 is 11.5 Å². The van der Waals surface area contributed by atoms with Crippen molar-refractivity contribution in [1.82, 2.24) is 0 Å². The van der Waals surface area contributed by atoms with E-state index < -0.39 is 0 Å². The molecule has 0 aromatic heterocycles. The van der Waals surface area contributed by atoms with Crippen LogP contribution in [-0.4, -0.2) is 19.4 Å². The van der Waals surface area contributed by atoms with E-state index in [1.165, 1.54) is 12.1 Å². The quantitative estimate of drug-likeness (QED) is 0.802. The lowest BCUT2D eigenvalue weighted by Gasteiger charge is -2.27. The van der Waals surface area contributed by atoms with Crippen molar-refractivity contribution in [3.05, 3.63) is 30.1 Å². The zero-order valence-corrected chi connectivity index (χ0v) is 10.2. The Morgan fingerprint density at radius 3 is 2.41 bits per heavy atom. The Balaban J connectivity index is 1.90. The molecule has 0 unspecified atom stereocenters. The number of carbonyl (C=O) groups excluding carboxylic acids is 1. The van der Waals surface area contributed by atoms with Crippen LogP contribution in [-0.2, 0) is 4.79 Å². The van der Waals surface area contributed by atoms with Crippen LogP contribution in [0.5, 0.6) is 0 Å². The molecule has 0 N–H and O–H groups in total. The molecular formula is C14H18FNO. The van der Waals surface area contributed by atoms with Gasteiger partial charge in [0.15, 0.2) is 0 Å². The molecule has 1 aromatic carbocycles. The first-order chi connectivity index (χ1) is 8.15. The van der Waals surface area contributed by atoms with Crippen molar-refractivity contribution < 1.29 is 9.18 Å². The molecule has 3 heteroatoms. The van der Waals surface area contributed by atoms with Gasteiger partial charge in [0, 0.05) is 32.1 Å². The average molecular weight is 235 g/mol. The zero-order valence-electron chi connectivity index (χ0n) is 10.2. The van der Waals surface area contributed by atoms with E-state index in [0.717, 1.165) is 37.9 Å². The third-order valence-electron chi connectivity index (χ3n) is 3.46. The summed E-state index contributed by atoms with van der Waals surface area (Å²) >= 11 is 0. The molecule has 0 heterocycles. The van der Waals surface area contributed by atoms with Gasteiger partial charge in [-0.25, -0.2) is 4.39 Å². The molecule has 1 aliphatic carbocycles. The molecule has 0 bridgehead atoms. The highest BCUT2D eigenvalue weighted by Gasteiger charge is 2.19. The van der Waals surface area contributed by atoms with Crippen LogP contribution < -0.4 is 4.90 Å². The Labute approximate surface area is 101 Å². The van der Waals surface area contributed by atoms with Gasteiger partial charge in [-0.2, -0.15) is 0 Å². The summed E-state index contributed by atoms with van der Waals surface area (Å²) in [7, 11) is 2.02. The molecule has 1 fully saturated rings. The van der Waals surface area contributed by atoms with Crippen LogP contribution in [0.2, 0.25) is 0 Å². The highest BCUT2D eigenvalue weighted by molar-refractivity contribution is 5.79. The smallest absolute Gasteiger partial charge is 0.132 e. The monoisotopic (exact) mass is 235 g/mol. The van der Waals surface area contributed by atoms with Crippen molar-refractivity contribution in [3.8, 4) is 0 Å². The van der Waals surface area contributed by atoms with Crippen molar-refractivity contribution in [1.29, 1.82) is 0 Å². The molecule has 0 atom stereocenters. The van der Waals surface area contributed by atoms with E-state index >= 15 is 0 Å². The first-order valence-corrected chi connectivity index (χ1v) is 6.13. The second kappa shape index (κ2) is 5.30. The third kappa shape index (κ3) is 3.29. The lowest BCUT2D eigenvalue weighted by Crippen LogP contribution is -2.28. The van der Waals surface area contributed by atoms with E-state index in [1.54, 1.807) is 12.1 Å². The molecule has 1 aromatic rings. The maximum absolute atomic E-state index is 12.8. The standard InChI is InChI=1S/C14H18FNO/c1-16(13-6-4-12(15)5-7-13)10-11-2-8-14(17)9-3-11/h4-7,11H,2-3,8-10H2,1H3. The van der Waals surface area contributed by atoms with Gasteiger partial charge < -0.3 is 4.90 Å². The minimum atomic E-state index is -0.203. The molecule has 1 saturated carbocycles. The van der Waals surface area contributed by atoms with E-state index in [-0.39, 0.29) is 5.82 Å². The van der Waals surface area contributed by atoms with Gasteiger partial charge in [-0.05, 0) is 43.0 Å². The summed E-state index contributed by atoms with van der Waals surface area (Å²) in [6.07, 6.45) is 3.43. The average Bonchev–Trinajstić information content (AvgIpc) is 2.33. The summed E-state index contributed by atoms with van der Waals surface area (Å²) in [6.45, 7) is 0.943. The van der Waals surface area contributed by atoms with E-state index in [9.17, 15) is 9.18 Å². The first-order valence-electron chi connectivity index (χ1n) is 6.13. The fourth-order valence-electron chi connectivity index (χ4n) is 2.37. The van der Waals surface area contributed by atoms with Crippen LogP contribution in [0.25, 0.3) is 0 Å². The second-order valence-electron chi connectivity index (χ2n) is 4.84. The number of anilines is 1. The van der Waals surface area contributed by atoms with Gasteiger partial charge in [0.1, 0.15) is 11.6 Å². The van der Waals surface area contributed by atoms with Crippen molar-refractivity contribution in [3.63, 3.8) is 0 Å². The highest BCUT2D eigenvalue weighted by atomic mass is 19.1. The Kier molecular flexibility index (Phi) is 3.77. The van der Waals surface area contributed by atoms with Gasteiger partial charge in [0.25, 0.3) is 0 Å². The summed E-state index contributed by atoms with van der Waals surface area (Å²) in [4.78, 5) is 13.3. The highest BCUT2D eigenvalue weighted by Crippen LogP contribution is 2.24. The fourth-order valence-corrected chi connectivity index (χ4v) is 2.37. The van der Waals surface area contributed by atoms with Gasteiger partial charge in [0.2, 0.25) is 0 Å². The Morgan fingerprint density at radius 1 is 1.24 bits per heavy atom. The number of Topliss-reactive ketones (excluding diaryl/α,β-unsaturated/α-hetero) is 1.